The number of anilines is 1. The van der Waals surface area contributed by atoms with E-state index in [0.717, 1.165) is 11.3 Å². The van der Waals surface area contributed by atoms with Crippen LogP contribution in [-0.2, 0) is 11.2 Å². The van der Waals surface area contributed by atoms with Crippen molar-refractivity contribution in [2.45, 2.75) is 20.3 Å². The highest BCUT2D eigenvalue weighted by Gasteiger charge is 2.07. The molecule has 3 heteroatoms. The van der Waals surface area contributed by atoms with Crippen LogP contribution in [0.2, 0.25) is 0 Å². The number of nitriles is 1. The number of Topliss-reactive ketones (excluding diaryl/α,β-unsaturated/α-hetero) is 1. The summed E-state index contributed by atoms with van der Waals surface area (Å²) < 4.78 is 0. The van der Waals surface area contributed by atoms with Crippen molar-refractivity contribution < 1.29 is 4.79 Å². The summed E-state index contributed by atoms with van der Waals surface area (Å²) in [6.45, 7) is 3.79. The van der Waals surface area contributed by atoms with Gasteiger partial charge in [-0.3, -0.25) is 10.1 Å². The molecule has 1 N–H and O–H groups in total. The van der Waals surface area contributed by atoms with Gasteiger partial charge in [-0.05, 0) is 17.7 Å². The summed E-state index contributed by atoms with van der Waals surface area (Å²) >= 11 is 0. The third-order valence-corrected chi connectivity index (χ3v) is 2.18. The highest BCUT2D eigenvalue weighted by molar-refractivity contribution is 5.82. The van der Waals surface area contributed by atoms with Crippen molar-refractivity contribution in [1.82, 2.24) is 0 Å². The number of benzene rings is 1. The van der Waals surface area contributed by atoms with Crippen molar-refractivity contribution in [1.29, 1.82) is 5.26 Å². The van der Waals surface area contributed by atoms with E-state index in [2.05, 4.69) is 5.32 Å². The van der Waals surface area contributed by atoms with Crippen molar-refractivity contribution in [3.63, 3.8) is 0 Å². The lowest BCUT2D eigenvalue weighted by atomic mass is 10.0. The van der Waals surface area contributed by atoms with Gasteiger partial charge in [0.1, 0.15) is 5.78 Å². The molecule has 0 unspecified atom stereocenters. The highest BCUT2D eigenvalue weighted by Crippen LogP contribution is 2.11. The summed E-state index contributed by atoms with van der Waals surface area (Å²) in [7, 11) is 0. The van der Waals surface area contributed by atoms with Gasteiger partial charge in [-0.15, -0.1) is 0 Å². The molecule has 0 bridgehead atoms. The number of ketones is 1. The molecule has 0 saturated heterocycles. The van der Waals surface area contributed by atoms with Gasteiger partial charge in [0.2, 0.25) is 0 Å². The van der Waals surface area contributed by atoms with E-state index in [0.29, 0.717) is 6.42 Å². The summed E-state index contributed by atoms with van der Waals surface area (Å²) in [5, 5.41) is 10.9. The number of hydrogen-bond donors (Lipinski definition) is 1. The largest absolute Gasteiger partial charge is 0.299 e. The molecule has 15 heavy (non-hydrogen) atoms. The molecule has 0 amide bonds. The van der Waals surface area contributed by atoms with E-state index in [9.17, 15) is 4.79 Å². The zero-order chi connectivity index (χ0) is 11.3. The second kappa shape index (κ2) is 5.16. The molecule has 0 aliphatic rings. The Morgan fingerprint density at radius 1 is 1.40 bits per heavy atom. The van der Waals surface area contributed by atoms with Crippen LogP contribution in [0, 0.1) is 17.4 Å². The molecule has 0 fully saturated rings. The van der Waals surface area contributed by atoms with Gasteiger partial charge in [-0.25, -0.2) is 0 Å². The first-order chi connectivity index (χ1) is 7.13. The lowest BCUT2D eigenvalue weighted by molar-refractivity contribution is -0.121. The van der Waals surface area contributed by atoms with Crippen LogP contribution in [0.25, 0.3) is 0 Å². The van der Waals surface area contributed by atoms with Crippen molar-refractivity contribution in [2.75, 3.05) is 5.32 Å². The van der Waals surface area contributed by atoms with E-state index in [1.54, 1.807) is 12.1 Å². The lowest BCUT2D eigenvalue weighted by Gasteiger charge is -2.04. The summed E-state index contributed by atoms with van der Waals surface area (Å²) in [6, 6.07) is 7.32. The molecular weight excluding hydrogens is 188 g/mol. The Morgan fingerprint density at radius 2 is 2.00 bits per heavy atom. The fourth-order valence-electron chi connectivity index (χ4n) is 1.18. The topological polar surface area (TPSA) is 52.9 Å². The smallest absolute Gasteiger partial charge is 0.181 e. The van der Waals surface area contributed by atoms with Crippen molar-refractivity contribution in [3.8, 4) is 6.19 Å². The van der Waals surface area contributed by atoms with Crippen LogP contribution in [0.1, 0.15) is 19.4 Å². The van der Waals surface area contributed by atoms with Crippen molar-refractivity contribution in [3.05, 3.63) is 29.8 Å². The van der Waals surface area contributed by atoms with Crippen LogP contribution < -0.4 is 5.32 Å². The Morgan fingerprint density at radius 3 is 2.47 bits per heavy atom. The summed E-state index contributed by atoms with van der Waals surface area (Å²) in [5.41, 5.74) is 1.73. The monoisotopic (exact) mass is 202 g/mol. The number of carbonyl (C=O) groups excluding carboxylic acids is 1. The molecule has 0 aromatic heterocycles. The first-order valence-corrected chi connectivity index (χ1v) is 4.90. The fourth-order valence-corrected chi connectivity index (χ4v) is 1.18. The molecule has 0 saturated carbocycles. The van der Waals surface area contributed by atoms with E-state index in [1.165, 1.54) is 0 Å². The van der Waals surface area contributed by atoms with Gasteiger partial charge in [0.25, 0.3) is 0 Å². The molecule has 0 aliphatic carbocycles. The second-order valence-corrected chi connectivity index (χ2v) is 3.73. The van der Waals surface area contributed by atoms with Gasteiger partial charge < -0.3 is 0 Å². The third kappa shape index (κ3) is 3.43. The minimum absolute atomic E-state index is 0.0712. The van der Waals surface area contributed by atoms with E-state index < -0.39 is 0 Å². The number of nitrogens with one attached hydrogen (secondary N) is 1. The number of rotatable bonds is 4. The fraction of sp³-hybridized carbons (Fsp3) is 0.333. The maximum Gasteiger partial charge on any atom is 0.181 e. The van der Waals surface area contributed by atoms with Gasteiger partial charge in [0, 0.05) is 18.0 Å². The van der Waals surface area contributed by atoms with E-state index in [1.807, 2.05) is 32.2 Å². The van der Waals surface area contributed by atoms with Crippen LogP contribution in [0.5, 0.6) is 0 Å². The van der Waals surface area contributed by atoms with Crippen LogP contribution in [-0.4, -0.2) is 5.78 Å². The van der Waals surface area contributed by atoms with Crippen LogP contribution >= 0.6 is 0 Å². The van der Waals surface area contributed by atoms with E-state index >= 15 is 0 Å². The van der Waals surface area contributed by atoms with E-state index in [-0.39, 0.29) is 11.7 Å². The van der Waals surface area contributed by atoms with E-state index in [4.69, 9.17) is 5.26 Å². The zero-order valence-electron chi connectivity index (χ0n) is 8.95. The van der Waals surface area contributed by atoms with Gasteiger partial charge in [-0.1, -0.05) is 26.0 Å². The lowest BCUT2D eigenvalue weighted by Crippen LogP contribution is -2.09. The van der Waals surface area contributed by atoms with Crippen LogP contribution in [0.3, 0.4) is 0 Å². The average Bonchev–Trinajstić information content (AvgIpc) is 2.21. The first kappa shape index (κ1) is 11.3. The summed E-state index contributed by atoms with van der Waals surface area (Å²) in [6.07, 6.45) is 2.31. The number of nitrogens with zero attached hydrogens (tertiary/aromatic N) is 1. The number of carbonyl (C=O) groups is 1. The predicted octanol–water partition coefficient (Wildman–Crippen LogP) is 2.35. The Bertz CT molecular complexity index is 374. The molecule has 1 aromatic carbocycles. The molecule has 0 radical (unpaired) electrons. The van der Waals surface area contributed by atoms with Crippen molar-refractivity contribution in [2.24, 2.45) is 5.92 Å². The second-order valence-electron chi connectivity index (χ2n) is 3.73. The predicted molar refractivity (Wildman–Crippen MR) is 59.2 cm³/mol. The van der Waals surface area contributed by atoms with Gasteiger partial charge in [0.15, 0.2) is 6.19 Å². The molecule has 0 aliphatic heterocycles. The minimum Gasteiger partial charge on any atom is -0.299 e. The molecular formula is C12H14N2O. The summed E-state index contributed by atoms with van der Waals surface area (Å²) in [5.74, 6) is 0.304. The first-order valence-electron chi connectivity index (χ1n) is 4.90. The molecule has 3 nitrogen and oxygen atoms in total. The minimum atomic E-state index is 0.0712. The molecule has 78 valence electrons. The Labute approximate surface area is 89.7 Å². The molecule has 0 heterocycles. The normalized spacial score (nSPS) is 9.73. The molecule has 1 aromatic rings. The van der Waals surface area contributed by atoms with Crippen LogP contribution in [0.15, 0.2) is 24.3 Å². The molecule has 0 spiro atoms. The summed E-state index contributed by atoms with van der Waals surface area (Å²) in [4.78, 5) is 11.5. The van der Waals surface area contributed by atoms with Crippen LogP contribution in [0.4, 0.5) is 5.69 Å². The van der Waals surface area contributed by atoms with Crippen molar-refractivity contribution >= 4 is 11.5 Å². The molecule has 0 atom stereocenters. The standard InChI is InChI=1S/C12H14N2O/c1-9(2)12(15)7-10-3-5-11(6-4-10)14-8-13/h3-6,9,14H,7H2,1-2H3. The maximum absolute atomic E-state index is 11.5. The zero-order valence-corrected chi connectivity index (χ0v) is 8.95. The van der Waals surface area contributed by atoms with Gasteiger partial charge in [-0.2, -0.15) is 5.26 Å². The highest BCUT2D eigenvalue weighted by atomic mass is 16.1. The van der Waals surface area contributed by atoms with Gasteiger partial charge >= 0.3 is 0 Å². The maximum atomic E-state index is 11.5. The Hall–Kier alpha value is -1.82. The Balaban J connectivity index is 2.65. The number of hydrogen-bond acceptors (Lipinski definition) is 3. The Kier molecular flexibility index (Phi) is 3.87. The quantitative estimate of drug-likeness (QED) is 0.602. The van der Waals surface area contributed by atoms with Gasteiger partial charge in [0.05, 0.1) is 0 Å². The third-order valence-electron chi connectivity index (χ3n) is 2.18. The SMILES string of the molecule is CC(C)C(=O)Cc1ccc(NC#N)cc1. The molecule has 1 rings (SSSR count). The average molecular weight is 202 g/mol.